The van der Waals surface area contributed by atoms with Crippen molar-refractivity contribution in [2.45, 2.75) is 13.1 Å². The quantitative estimate of drug-likeness (QED) is 0.188. The van der Waals surface area contributed by atoms with Crippen LogP contribution in [0.4, 0.5) is 11.4 Å². The van der Waals surface area contributed by atoms with Crippen LogP contribution in [0.3, 0.4) is 0 Å². The van der Waals surface area contributed by atoms with E-state index in [2.05, 4.69) is 211 Å². The molecular formula is C52H36N6. The summed E-state index contributed by atoms with van der Waals surface area (Å²) < 4.78 is 9.91. The van der Waals surface area contributed by atoms with Crippen molar-refractivity contribution in [3.8, 4) is 45.5 Å². The monoisotopic (exact) mass is 744 g/mol. The molecule has 2 aliphatic rings. The van der Waals surface area contributed by atoms with Crippen molar-refractivity contribution in [3.05, 3.63) is 193 Å². The highest BCUT2D eigenvalue weighted by Crippen LogP contribution is 2.51. The fraction of sp³-hybridized carbons (Fsp3) is 0.0385. The average molecular weight is 745 g/mol. The molecule has 0 bridgehead atoms. The number of nitrogens with zero attached hydrogens (tertiary/aromatic N) is 4. The fourth-order valence-electron chi connectivity index (χ4n) is 10.1. The first kappa shape index (κ1) is 31.5. The third kappa shape index (κ3) is 4.21. The molecule has 0 atom stereocenters. The van der Waals surface area contributed by atoms with Gasteiger partial charge in [-0.3, -0.25) is 0 Å². The van der Waals surface area contributed by atoms with Crippen LogP contribution >= 0.6 is 0 Å². The van der Waals surface area contributed by atoms with E-state index in [0.29, 0.717) is 0 Å². The van der Waals surface area contributed by atoms with Crippen LogP contribution in [0.5, 0.6) is 0 Å². The number of anilines is 2. The number of hydrogen-bond donors (Lipinski definition) is 2. The van der Waals surface area contributed by atoms with Crippen molar-refractivity contribution >= 4 is 55.0 Å². The lowest BCUT2D eigenvalue weighted by Gasteiger charge is -2.23. The van der Waals surface area contributed by atoms with E-state index < -0.39 is 0 Å². The summed E-state index contributed by atoms with van der Waals surface area (Å²) in [4.78, 5) is 0. The highest BCUT2D eigenvalue weighted by Gasteiger charge is 2.33. The van der Waals surface area contributed by atoms with Crippen LogP contribution in [0.25, 0.3) is 89.1 Å². The summed E-state index contributed by atoms with van der Waals surface area (Å²) >= 11 is 0. The van der Waals surface area contributed by atoms with Gasteiger partial charge >= 0.3 is 0 Å². The summed E-state index contributed by atoms with van der Waals surface area (Å²) in [5.41, 5.74) is 19.0. The molecule has 274 valence electrons. The molecule has 6 heterocycles. The van der Waals surface area contributed by atoms with E-state index in [-0.39, 0.29) is 0 Å². The second-order valence-electron chi connectivity index (χ2n) is 15.4. The summed E-state index contributed by atoms with van der Waals surface area (Å²) in [6, 6.07) is 66.1. The van der Waals surface area contributed by atoms with Crippen molar-refractivity contribution in [2.24, 2.45) is 0 Å². The first-order valence-electron chi connectivity index (χ1n) is 20.0. The topological polar surface area (TPSA) is 43.8 Å². The molecular weight excluding hydrogens is 709 g/mol. The minimum Gasteiger partial charge on any atom is -0.379 e. The summed E-state index contributed by atoms with van der Waals surface area (Å²) in [5.74, 6) is 0. The number of aromatic nitrogens is 4. The fourth-order valence-corrected chi connectivity index (χ4v) is 10.1. The van der Waals surface area contributed by atoms with E-state index in [0.717, 1.165) is 35.8 Å². The molecule has 0 amide bonds. The average Bonchev–Trinajstić information content (AvgIpc) is 4.02. The Morgan fingerprint density at radius 1 is 0.293 bits per heavy atom. The van der Waals surface area contributed by atoms with Crippen LogP contribution in [-0.2, 0) is 13.1 Å². The number of para-hydroxylation sites is 6. The molecule has 0 unspecified atom stereocenters. The summed E-state index contributed by atoms with van der Waals surface area (Å²) in [7, 11) is 0. The first-order chi connectivity index (χ1) is 28.8. The molecule has 6 nitrogen and oxygen atoms in total. The molecule has 6 heteroatoms. The standard InChI is InChI=1S/C52H36N6/c1-3-16-33(17-4-1)55-43-26-11-7-22-37(43)41-31-53-47-39-24-9-13-28-45(39)57(51(47)49(41)55)35-20-15-21-36(30-35)58-46-29-14-10-25-40(46)48-52(58)50-42(32-54-48)38-23-8-12-27-44(38)56(50)34-18-5-2-6-19-34/h1-30,53-54H,31-32H2. The summed E-state index contributed by atoms with van der Waals surface area (Å²) in [5, 5.41) is 12.8. The third-order valence-corrected chi connectivity index (χ3v) is 12.4. The Morgan fingerprint density at radius 2 is 0.621 bits per heavy atom. The van der Waals surface area contributed by atoms with E-state index in [1.807, 2.05) is 0 Å². The van der Waals surface area contributed by atoms with Gasteiger partial charge in [-0.15, -0.1) is 0 Å². The molecule has 0 fully saturated rings. The second-order valence-corrected chi connectivity index (χ2v) is 15.4. The Labute approximate surface area is 334 Å². The van der Waals surface area contributed by atoms with Gasteiger partial charge in [0.05, 0.1) is 56.2 Å². The van der Waals surface area contributed by atoms with Crippen molar-refractivity contribution in [1.82, 2.24) is 18.3 Å². The van der Waals surface area contributed by atoms with E-state index in [1.54, 1.807) is 0 Å². The smallest absolute Gasteiger partial charge is 0.0948 e. The zero-order chi connectivity index (χ0) is 37.9. The van der Waals surface area contributed by atoms with Crippen LogP contribution in [0, 0.1) is 0 Å². The lowest BCUT2D eigenvalue weighted by atomic mass is 10.0. The van der Waals surface area contributed by atoms with Crippen molar-refractivity contribution in [2.75, 3.05) is 10.6 Å². The van der Waals surface area contributed by atoms with Crippen molar-refractivity contribution in [3.63, 3.8) is 0 Å². The van der Waals surface area contributed by atoms with Gasteiger partial charge in [-0.05, 0) is 66.7 Å². The molecule has 7 aromatic carbocycles. The zero-order valence-corrected chi connectivity index (χ0v) is 31.5. The largest absolute Gasteiger partial charge is 0.379 e. The summed E-state index contributed by atoms with van der Waals surface area (Å²) in [6.45, 7) is 1.51. The second kappa shape index (κ2) is 11.9. The molecule has 0 aliphatic carbocycles. The predicted octanol–water partition coefficient (Wildman–Crippen LogP) is 12.6. The van der Waals surface area contributed by atoms with Crippen LogP contribution < -0.4 is 10.6 Å². The Balaban J connectivity index is 1.11. The molecule has 2 N–H and O–H groups in total. The minimum absolute atomic E-state index is 0.753. The van der Waals surface area contributed by atoms with Gasteiger partial charge in [0, 0.05) is 68.5 Å². The number of rotatable bonds is 4. The van der Waals surface area contributed by atoms with E-state index in [9.17, 15) is 0 Å². The maximum absolute atomic E-state index is 3.91. The third-order valence-electron chi connectivity index (χ3n) is 12.4. The number of hydrogen-bond acceptors (Lipinski definition) is 2. The van der Waals surface area contributed by atoms with Crippen LogP contribution in [0.1, 0.15) is 11.1 Å². The Bertz CT molecular complexity index is 3220. The molecule has 11 aromatic rings. The SMILES string of the molecule is c1ccc(-n2c3c(c4ccccc42)CNc2c-3n(-c3cccc(-n4c5c(c6ccccc64)NCc4c-5n(-c5ccccc5)c5ccccc45)c3)c3ccccc23)cc1. The van der Waals surface area contributed by atoms with Crippen LogP contribution in [-0.4, -0.2) is 18.3 Å². The molecule has 0 saturated carbocycles. The molecule has 58 heavy (non-hydrogen) atoms. The van der Waals surface area contributed by atoms with Crippen LogP contribution in [0.2, 0.25) is 0 Å². The molecule has 13 rings (SSSR count). The van der Waals surface area contributed by atoms with Gasteiger partial charge in [0.25, 0.3) is 0 Å². The lowest BCUT2D eigenvalue weighted by molar-refractivity contribution is 1.01. The van der Waals surface area contributed by atoms with Crippen LogP contribution in [0.15, 0.2) is 182 Å². The van der Waals surface area contributed by atoms with Gasteiger partial charge in [-0.2, -0.15) is 0 Å². The zero-order valence-electron chi connectivity index (χ0n) is 31.5. The van der Waals surface area contributed by atoms with Crippen molar-refractivity contribution in [1.29, 1.82) is 0 Å². The van der Waals surface area contributed by atoms with Gasteiger partial charge in [-0.25, -0.2) is 0 Å². The predicted molar refractivity (Wildman–Crippen MR) is 239 cm³/mol. The highest BCUT2D eigenvalue weighted by atomic mass is 15.1. The maximum Gasteiger partial charge on any atom is 0.0948 e. The molecule has 0 saturated heterocycles. The maximum atomic E-state index is 3.91. The van der Waals surface area contributed by atoms with Gasteiger partial charge in [0.15, 0.2) is 0 Å². The normalized spacial score (nSPS) is 13.0. The van der Waals surface area contributed by atoms with Gasteiger partial charge < -0.3 is 28.9 Å². The molecule has 4 aromatic heterocycles. The van der Waals surface area contributed by atoms with E-state index >= 15 is 0 Å². The van der Waals surface area contributed by atoms with Gasteiger partial charge in [-0.1, -0.05) is 115 Å². The minimum atomic E-state index is 0.753. The highest BCUT2D eigenvalue weighted by molar-refractivity contribution is 6.09. The Hall–Kier alpha value is -7.70. The van der Waals surface area contributed by atoms with Gasteiger partial charge in [0.2, 0.25) is 0 Å². The molecule has 2 aliphatic heterocycles. The first-order valence-corrected chi connectivity index (χ1v) is 20.0. The van der Waals surface area contributed by atoms with E-state index in [1.165, 1.54) is 88.9 Å². The Morgan fingerprint density at radius 3 is 1.05 bits per heavy atom. The Kier molecular flexibility index (Phi) is 6.46. The number of nitrogens with one attached hydrogen (secondary N) is 2. The molecule has 0 spiro atoms. The number of fused-ring (bicyclic) bond motifs is 14. The van der Waals surface area contributed by atoms with E-state index in [4.69, 9.17) is 0 Å². The van der Waals surface area contributed by atoms with Gasteiger partial charge in [0.1, 0.15) is 0 Å². The number of benzene rings is 7. The van der Waals surface area contributed by atoms with Crippen molar-refractivity contribution < 1.29 is 0 Å². The lowest BCUT2D eigenvalue weighted by Crippen LogP contribution is -2.13. The molecule has 0 radical (unpaired) electrons. The summed E-state index contributed by atoms with van der Waals surface area (Å²) in [6.07, 6.45) is 0.